The van der Waals surface area contributed by atoms with E-state index in [0.29, 0.717) is 43.9 Å². The smallest absolute Gasteiger partial charge is 0.407 e. The summed E-state index contributed by atoms with van der Waals surface area (Å²) in [6.07, 6.45) is 1.31. The molecular formula is C16H16N2O4. The van der Waals surface area contributed by atoms with Gasteiger partial charge in [-0.2, -0.15) is 5.26 Å². The van der Waals surface area contributed by atoms with E-state index in [1.54, 1.807) is 6.07 Å². The maximum absolute atomic E-state index is 10.9. The van der Waals surface area contributed by atoms with Gasteiger partial charge in [0.15, 0.2) is 0 Å². The number of carbonyl (C=O) groups is 2. The second-order valence-corrected chi connectivity index (χ2v) is 5.86. The number of hydrogen-bond acceptors (Lipinski definition) is 4. The summed E-state index contributed by atoms with van der Waals surface area (Å²) in [5.41, 5.74) is 2.47. The average molecular weight is 300 g/mol. The van der Waals surface area contributed by atoms with Crippen LogP contribution in [-0.4, -0.2) is 42.1 Å². The number of benzene rings is 1. The highest BCUT2D eigenvalue weighted by Crippen LogP contribution is 2.34. The lowest BCUT2D eigenvalue weighted by molar-refractivity contribution is -0.110. The second kappa shape index (κ2) is 5.68. The van der Waals surface area contributed by atoms with E-state index in [9.17, 15) is 14.9 Å². The van der Waals surface area contributed by atoms with Crippen molar-refractivity contribution >= 4 is 12.4 Å². The first kappa shape index (κ1) is 14.4. The molecule has 1 N–H and O–H groups in total. The highest BCUT2D eigenvalue weighted by atomic mass is 16.5. The Morgan fingerprint density at radius 1 is 1.45 bits per heavy atom. The summed E-state index contributed by atoms with van der Waals surface area (Å²) in [5.74, 6) is 0.647. The summed E-state index contributed by atoms with van der Waals surface area (Å²) in [6.45, 7) is 1.33. The first-order valence-electron chi connectivity index (χ1n) is 7.23. The van der Waals surface area contributed by atoms with Crippen molar-refractivity contribution in [3.63, 3.8) is 0 Å². The molecule has 1 fully saturated rings. The van der Waals surface area contributed by atoms with Crippen LogP contribution in [-0.2, 0) is 17.6 Å². The molecule has 1 amide bonds. The number of ether oxygens (including phenoxy) is 1. The summed E-state index contributed by atoms with van der Waals surface area (Å²) in [7, 11) is 0. The highest BCUT2D eigenvalue weighted by Gasteiger charge is 2.31. The molecule has 1 aromatic carbocycles. The Morgan fingerprint density at radius 2 is 2.23 bits per heavy atom. The molecule has 1 saturated heterocycles. The number of carboxylic acid groups (broad SMARTS) is 1. The minimum Gasteiger partial charge on any atom is -0.492 e. The van der Waals surface area contributed by atoms with E-state index in [0.717, 1.165) is 17.4 Å². The van der Waals surface area contributed by atoms with Crippen LogP contribution < -0.4 is 4.74 Å². The number of nitriles is 1. The molecule has 114 valence electrons. The zero-order valence-electron chi connectivity index (χ0n) is 12.0. The summed E-state index contributed by atoms with van der Waals surface area (Å²) in [6, 6.07) is 5.87. The third kappa shape index (κ3) is 2.50. The van der Waals surface area contributed by atoms with E-state index < -0.39 is 6.09 Å². The van der Waals surface area contributed by atoms with E-state index in [4.69, 9.17) is 9.84 Å². The van der Waals surface area contributed by atoms with Gasteiger partial charge in [-0.25, -0.2) is 4.79 Å². The van der Waals surface area contributed by atoms with Crippen molar-refractivity contribution in [1.29, 1.82) is 5.26 Å². The Kier molecular flexibility index (Phi) is 3.72. The largest absolute Gasteiger partial charge is 0.492 e. The number of carbonyl (C=O) groups excluding carboxylic acids is 1. The molecule has 1 aromatic rings. The Morgan fingerprint density at radius 3 is 2.86 bits per heavy atom. The Balaban J connectivity index is 1.67. The number of likely N-dealkylation sites (tertiary alicyclic amines) is 1. The van der Waals surface area contributed by atoms with Gasteiger partial charge in [-0.05, 0) is 30.0 Å². The molecule has 0 aromatic heterocycles. The van der Waals surface area contributed by atoms with E-state index in [1.165, 1.54) is 4.90 Å². The van der Waals surface area contributed by atoms with E-state index in [1.807, 2.05) is 6.07 Å². The summed E-state index contributed by atoms with van der Waals surface area (Å²) >= 11 is 0. The van der Waals surface area contributed by atoms with Gasteiger partial charge in [0.05, 0.1) is 12.2 Å². The molecule has 6 heteroatoms. The van der Waals surface area contributed by atoms with Crippen molar-refractivity contribution in [2.45, 2.75) is 12.8 Å². The van der Waals surface area contributed by atoms with Crippen molar-refractivity contribution in [1.82, 2.24) is 4.90 Å². The predicted molar refractivity (Wildman–Crippen MR) is 76.7 cm³/mol. The van der Waals surface area contributed by atoms with Crippen molar-refractivity contribution in [2.75, 3.05) is 19.7 Å². The number of nitrogens with zero attached hydrogens (tertiary/aromatic N) is 2. The minimum atomic E-state index is -0.911. The Hall–Kier alpha value is -2.55. The van der Waals surface area contributed by atoms with Crippen molar-refractivity contribution < 1.29 is 19.4 Å². The summed E-state index contributed by atoms with van der Waals surface area (Å²) < 4.78 is 5.72. The molecule has 22 heavy (non-hydrogen) atoms. The lowest BCUT2D eigenvalue weighted by atomic mass is 10.0. The first-order chi connectivity index (χ1) is 10.6. The number of amides is 1. The van der Waals surface area contributed by atoms with Crippen LogP contribution in [0.2, 0.25) is 0 Å². The van der Waals surface area contributed by atoms with Crippen LogP contribution >= 0.6 is 0 Å². The third-order valence-corrected chi connectivity index (χ3v) is 4.33. The van der Waals surface area contributed by atoms with Gasteiger partial charge >= 0.3 is 6.09 Å². The second-order valence-electron chi connectivity index (χ2n) is 5.86. The van der Waals surface area contributed by atoms with E-state index in [-0.39, 0.29) is 11.8 Å². The molecule has 3 rings (SSSR count). The van der Waals surface area contributed by atoms with Gasteiger partial charge in [-0.15, -0.1) is 0 Å². The SMILES string of the molecule is N#Cc1c(OCC2CN(C(=O)O)C2)ccc2c1CC(C=O)C2. The van der Waals surface area contributed by atoms with Gasteiger partial charge in [0, 0.05) is 24.9 Å². The molecule has 0 spiro atoms. The fraction of sp³-hybridized carbons (Fsp3) is 0.438. The molecule has 0 bridgehead atoms. The molecule has 1 atom stereocenters. The first-order valence-corrected chi connectivity index (χ1v) is 7.23. The van der Waals surface area contributed by atoms with Crippen LogP contribution in [0.5, 0.6) is 5.75 Å². The lowest BCUT2D eigenvalue weighted by Gasteiger charge is -2.36. The maximum Gasteiger partial charge on any atom is 0.407 e. The molecule has 1 unspecified atom stereocenters. The molecule has 6 nitrogen and oxygen atoms in total. The molecule has 0 saturated carbocycles. The van der Waals surface area contributed by atoms with Crippen LogP contribution in [0.3, 0.4) is 0 Å². The van der Waals surface area contributed by atoms with Crippen molar-refractivity contribution in [3.8, 4) is 11.8 Å². The summed E-state index contributed by atoms with van der Waals surface area (Å²) in [4.78, 5) is 23.0. The molecule has 2 aliphatic rings. The Labute approximate surface area is 127 Å². The van der Waals surface area contributed by atoms with Crippen LogP contribution in [0.4, 0.5) is 4.79 Å². The number of rotatable bonds is 4. The molecule has 1 aliphatic carbocycles. The monoisotopic (exact) mass is 300 g/mol. The highest BCUT2D eigenvalue weighted by molar-refractivity contribution is 5.66. The van der Waals surface area contributed by atoms with Gasteiger partial charge in [-0.1, -0.05) is 6.07 Å². The van der Waals surface area contributed by atoms with Gasteiger partial charge in [-0.3, -0.25) is 0 Å². The maximum atomic E-state index is 10.9. The van der Waals surface area contributed by atoms with Crippen LogP contribution in [0, 0.1) is 23.2 Å². The number of fused-ring (bicyclic) bond motifs is 1. The zero-order valence-corrected chi connectivity index (χ0v) is 12.0. The van der Waals surface area contributed by atoms with Crippen molar-refractivity contribution in [3.05, 3.63) is 28.8 Å². The quantitative estimate of drug-likeness (QED) is 0.850. The van der Waals surface area contributed by atoms with Crippen LogP contribution in [0.15, 0.2) is 12.1 Å². The topological polar surface area (TPSA) is 90.6 Å². The molecule has 0 radical (unpaired) electrons. The zero-order chi connectivity index (χ0) is 15.7. The van der Waals surface area contributed by atoms with Gasteiger partial charge < -0.3 is 19.5 Å². The molecule has 1 heterocycles. The lowest BCUT2D eigenvalue weighted by Crippen LogP contribution is -2.51. The van der Waals surface area contributed by atoms with Crippen LogP contribution in [0.1, 0.15) is 16.7 Å². The molecular weight excluding hydrogens is 284 g/mol. The fourth-order valence-electron chi connectivity index (χ4n) is 3.09. The summed E-state index contributed by atoms with van der Waals surface area (Å²) in [5, 5.41) is 18.2. The normalized spacial score (nSPS) is 20.0. The predicted octanol–water partition coefficient (Wildman–Crippen LogP) is 1.46. The third-order valence-electron chi connectivity index (χ3n) is 4.33. The van der Waals surface area contributed by atoms with Crippen molar-refractivity contribution in [2.24, 2.45) is 11.8 Å². The molecule has 1 aliphatic heterocycles. The van der Waals surface area contributed by atoms with Gasteiger partial charge in [0.2, 0.25) is 0 Å². The van der Waals surface area contributed by atoms with E-state index >= 15 is 0 Å². The number of hydrogen-bond donors (Lipinski definition) is 1. The van der Waals surface area contributed by atoms with E-state index in [2.05, 4.69) is 6.07 Å². The average Bonchev–Trinajstić information content (AvgIpc) is 2.87. The minimum absolute atomic E-state index is 0.0480. The van der Waals surface area contributed by atoms with Gasteiger partial charge in [0.1, 0.15) is 18.1 Å². The van der Waals surface area contributed by atoms with Gasteiger partial charge in [0.25, 0.3) is 0 Å². The van der Waals surface area contributed by atoms with Crippen LogP contribution in [0.25, 0.3) is 0 Å². The standard InChI is InChI=1S/C16H16N2O4/c17-5-14-13-4-10(8-19)3-12(13)1-2-15(14)22-9-11-6-18(7-11)16(20)21/h1-2,8,10-11H,3-4,6-7,9H2,(H,20,21). The fourth-order valence-corrected chi connectivity index (χ4v) is 3.09. The Bertz CT molecular complexity index is 659. The number of aldehydes is 1.